The van der Waals surface area contributed by atoms with Crippen molar-refractivity contribution in [2.24, 2.45) is 11.8 Å². The quantitative estimate of drug-likeness (QED) is 0.586. The van der Waals surface area contributed by atoms with Crippen LogP contribution in [0.5, 0.6) is 0 Å². The van der Waals surface area contributed by atoms with Gasteiger partial charge in [-0.2, -0.15) is 13.1 Å². The highest BCUT2D eigenvalue weighted by Crippen LogP contribution is 2.14. The zero-order chi connectivity index (χ0) is 14.3. The summed E-state index contributed by atoms with van der Waals surface area (Å²) in [5.74, 6) is -0.764. The molecule has 0 aliphatic rings. The topological polar surface area (TPSA) is 95.5 Å². The standard InChI is InChI=1S/C11H24N2O4S/c1-8(2)5-10(6-11(14)15)7-12-18(16,17)13-9(3)4/h8-10,12-13H,5-7H2,1-4H3,(H,14,15)/t10-/m0/s1. The van der Waals surface area contributed by atoms with Crippen LogP contribution < -0.4 is 9.44 Å². The summed E-state index contributed by atoms with van der Waals surface area (Å²) in [6.07, 6.45) is 0.652. The summed E-state index contributed by atoms with van der Waals surface area (Å²) in [5, 5.41) is 8.78. The number of hydrogen-bond acceptors (Lipinski definition) is 3. The van der Waals surface area contributed by atoms with Gasteiger partial charge in [0.15, 0.2) is 0 Å². The van der Waals surface area contributed by atoms with Gasteiger partial charge in [0.25, 0.3) is 10.2 Å². The number of rotatable bonds is 9. The van der Waals surface area contributed by atoms with Crippen molar-refractivity contribution < 1.29 is 18.3 Å². The second-order valence-electron chi connectivity index (χ2n) is 5.22. The molecule has 7 heteroatoms. The maximum absolute atomic E-state index is 11.5. The van der Waals surface area contributed by atoms with Gasteiger partial charge in [0, 0.05) is 19.0 Å². The summed E-state index contributed by atoms with van der Waals surface area (Å²) in [4.78, 5) is 10.7. The fourth-order valence-electron chi connectivity index (χ4n) is 1.73. The maximum Gasteiger partial charge on any atom is 0.303 e. The van der Waals surface area contributed by atoms with Gasteiger partial charge in [-0.3, -0.25) is 4.79 Å². The molecule has 0 amide bonds. The molecule has 0 saturated heterocycles. The predicted molar refractivity (Wildman–Crippen MR) is 70.4 cm³/mol. The first-order valence-electron chi connectivity index (χ1n) is 6.11. The Balaban J connectivity index is 4.37. The molecule has 0 aliphatic carbocycles. The summed E-state index contributed by atoms with van der Waals surface area (Å²) in [5.41, 5.74) is 0. The summed E-state index contributed by atoms with van der Waals surface area (Å²) < 4.78 is 27.9. The zero-order valence-corrected chi connectivity index (χ0v) is 12.3. The normalized spacial score (nSPS) is 14.1. The lowest BCUT2D eigenvalue weighted by Gasteiger charge is -2.18. The van der Waals surface area contributed by atoms with E-state index in [0.29, 0.717) is 12.3 Å². The molecule has 0 heterocycles. The van der Waals surface area contributed by atoms with Crippen LogP contribution in [0.15, 0.2) is 0 Å². The molecule has 0 saturated carbocycles. The van der Waals surface area contributed by atoms with E-state index < -0.39 is 16.2 Å². The van der Waals surface area contributed by atoms with E-state index in [9.17, 15) is 13.2 Å². The molecule has 0 spiro atoms. The van der Waals surface area contributed by atoms with E-state index in [0.717, 1.165) is 0 Å². The summed E-state index contributed by atoms with van der Waals surface area (Å²) >= 11 is 0. The van der Waals surface area contributed by atoms with Crippen molar-refractivity contribution in [3.05, 3.63) is 0 Å². The molecule has 6 nitrogen and oxygen atoms in total. The monoisotopic (exact) mass is 280 g/mol. The summed E-state index contributed by atoms with van der Waals surface area (Å²) in [6, 6.07) is -0.189. The molecular formula is C11H24N2O4S. The Morgan fingerprint density at radius 3 is 2.17 bits per heavy atom. The van der Waals surface area contributed by atoms with Crippen molar-refractivity contribution in [2.45, 2.75) is 46.6 Å². The van der Waals surface area contributed by atoms with Gasteiger partial charge in [-0.05, 0) is 32.1 Å². The number of carbonyl (C=O) groups is 1. The molecule has 0 aromatic heterocycles. The fourth-order valence-corrected chi connectivity index (χ4v) is 2.89. The van der Waals surface area contributed by atoms with Gasteiger partial charge in [-0.15, -0.1) is 0 Å². The minimum absolute atomic E-state index is 0.0254. The maximum atomic E-state index is 11.5. The van der Waals surface area contributed by atoms with E-state index in [2.05, 4.69) is 9.44 Å². The summed E-state index contributed by atoms with van der Waals surface area (Å²) in [7, 11) is -3.54. The molecule has 1 atom stereocenters. The molecule has 0 aromatic carbocycles. The molecule has 0 fully saturated rings. The van der Waals surface area contributed by atoms with Crippen LogP contribution in [0.4, 0.5) is 0 Å². The van der Waals surface area contributed by atoms with Gasteiger partial charge in [0.1, 0.15) is 0 Å². The van der Waals surface area contributed by atoms with Gasteiger partial charge in [0.2, 0.25) is 0 Å². The molecule has 3 N–H and O–H groups in total. The highest BCUT2D eigenvalue weighted by atomic mass is 32.2. The van der Waals surface area contributed by atoms with Gasteiger partial charge in [-0.25, -0.2) is 4.72 Å². The minimum atomic E-state index is -3.54. The van der Waals surface area contributed by atoms with E-state index in [1.807, 2.05) is 13.8 Å². The van der Waals surface area contributed by atoms with Crippen LogP contribution in [0.2, 0.25) is 0 Å². The number of aliphatic carboxylic acids is 1. The third-order valence-electron chi connectivity index (χ3n) is 2.22. The first-order valence-corrected chi connectivity index (χ1v) is 7.59. The Hall–Kier alpha value is -0.660. The molecule has 0 aliphatic heterocycles. The largest absolute Gasteiger partial charge is 0.481 e. The lowest BCUT2D eigenvalue weighted by Crippen LogP contribution is -2.42. The van der Waals surface area contributed by atoms with Crippen LogP contribution in [0, 0.1) is 11.8 Å². The van der Waals surface area contributed by atoms with Crippen LogP contribution in [-0.2, 0) is 15.0 Å². The Morgan fingerprint density at radius 1 is 1.22 bits per heavy atom. The van der Waals surface area contributed by atoms with E-state index in [1.54, 1.807) is 13.8 Å². The average molecular weight is 280 g/mol. The van der Waals surface area contributed by atoms with Crippen LogP contribution >= 0.6 is 0 Å². The van der Waals surface area contributed by atoms with Crippen molar-refractivity contribution >= 4 is 16.2 Å². The second-order valence-corrected chi connectivity index (χ2v) is 6.75. The average Bonchev–Trinajstić information content (AvgIpc) is 2.10. The molecule has 0 rings (SSSR count). The number of carboxylic acid groups (broad SMARTS) is 1. The van der Waals surface area contributed by atoms with Crippen molar-refractivity contribution in [3.63, 3.8) is 0 Å². The van der Waals surface area contributed by atoms with E-state index in [4.69, 9.17) is 5.11 Å². The highest BCUT2D eigenvalue weighted by molar-refractivity contribution is 7.87. The highest BCUT2D eigenvalue weighted by Gasteiger charge is 2.18. The van der Waals surface area contributed by atoms with Crippen molar-refractivity contribution in [2.75, 3.05) is 6.54 Å². The summed E-state index contributed by atoms with van der Waals surface area (Å²) in [6.45, 7) is 7.56. The van der Waals surface area contributed by atoms with Crippen LogP contribution in [-0.4, -0.2) is 32.1 Å². The Bertz CT molecular complexity index is 352. The first-order chi connectivity index (χ1) is 8.12. The number of carboxylic acids is 1. The molecule has 18 heavy (non-hydrogen) atoms. The van der Waals surface area contributed by atoms with Crippen LogP contribution in [0.3, 0.4) is 0 Å². The zero-order valence-electron chi connectivity index (χ0n) is 11.4. The lowest BCUT2D eigenvalue weighted by atomic mass is 9.94. The molecule has 0 unspecified atom stereocenters. The van der Waals surface area contributed by atoms with E-state index in [1.165, 1.54) is 0 Å². The molecular weight excluding hydrogens is 256 g/mol. The Morgan fingerprint density at radius 2 is 1.78 bits per heavy atom. The SMILES string of the molecule is CC(C)C[C@H](CNS(=O)(=O)NC(C)C)CC(=O)O. The van der Waals surface area contributed by atoms with Crippen molar-refractivity contribution in [1.29, 1.82) is 0 Å². The number of nitrogens with one attached hydrogen (secondary N) is 2. The van der Waals surface area contributed by atoms with Gasteiger partial charge >= 0.3 is 5.97 Å². The van der Waals surface area contributed by atoms with Crippen molar-refractivity contribution in [3.8, 4) is 0 Å². The third-order valence-corrected chi connectivity index (χ3v) is 3.55. The Kier molecular flexibility index (Phi) is 7.42. The molecule has 0 aromatic rings. The van der Waals surface area contributed by atoms with E-state index in [-0.39, 0.29) is 24.9 Å². The number of hydrogen-bond donors (Lipinski definition) is 3. The second kappa shape index (κ2) is 7.70. The van der Waals surface area contributed by atoms with Gasteiger partial charge in [0.05, 0.1) is 0 Å². The van der Waals surface area contributed by atoms with Crippen LogP contribution in [0.1, 0.15) is 40.5 Å². The van der Waals surface area contributed by atoms with Gasteiger partial charge < -0.3 is 5.11 Å². The smallest absolute Gasteiger partial charge is 0.303 e. The van der Waals surface area contributed by atoms with Gasteiger partial charge in [-0.1, -0.05) is 13.8 Å². The molecule has 0 bridgehead atoms. The van der Waals surface area contributed by atoms with Crippen molar-refractivity contribution in [1.82, 2.24) is 9.44 Å². The lowest BCUT2D eigenvalue weighted by molar-refractivity contribution is -0.138. The first kappa shape index (κ1) is 17.3. The molecule has 0 radical (unpaired) electrons. The Labute approximate surface area is 109 Å². The molecule has 108 valence electrons. The van der Waals surface area contributed by atoms with E-state index >= 15 is 0 Å². The minimum Gasteiger partial charge on any atom is -0.481 e. The fraction of sp³-hybridized carbons (Fsp3) is 0.909. The van der Waals surface area contributed by atoms with Crippen LogP contribution in [0.25, 0.3) is 0 Å². The predicted octanol–water partition coefficient (Wildman–Crippen LogP) is 0.956. The third kappa shape index (κ3) is 9.38.